The maximum atomic E-state index is 11.5. The average molecular weight is 247 g/mol. The van der Waals surface area contributed by atoms with Crippen LogP contribution in [0.2, 0.25) is 0 Å². The number of hydroxylamine groups is 1. The number of amides is 1. The third-order valence-electron chi connectivity index (χ3n) is 2.92. The number of nitrogens with one attached hydrogen (secondary N) is 1. The molecule has 98 valence electrons. The lowest BCUT2D eigenvalue weighted by Gasteiger charge is -2.11. The van der Waals surface area contributed by atoms with E-state index in [2.05, 4.69) is 6.92 Å². The van der Waals surface area contributed by atoms with E-state index in [4.69, 9.17) is 5.21 Å². The first-order valence-electron chi connectivity index (χ1n) is 6.43. The van der Waals surface area contributed by atoms with Gasteiger partial charge < -0.3 is 0 Å². The fourth-order valence-electron chi connectivity index (χ4n) is 1.83. The van der Waals surface area contributed by atoms with E-state index in [-0.39, 0.29) is 11.8 Å². The minimum atomic E-state index is -0.291. The molecule has 0 saturated heterocycles. The van der Waals surface area contributed by atoms with Gasteiger partial charge in [0.15, 0.2) is 0 Å². The first-order valence-corrected chi connectivity index (χ1v) is 6.43. The van der Waals surface area contributed by atoms with Crippen molar-refractivity contribution in [3.8, 4) is 0 Å². The zero-order valence-electron chi connectivity index (χ0n) is 10.8. The first kappa shape index (κ1) is 14.5. The number of benzene rings is 1. The topological polar surface area (TPSA) is 49.3 Å². The molecule has 0 aliphatic rings. The molecule has 1 unspecified atom stereocenters. The molecule has 0 aromatic heterocycles. The normalized spacial score (nSPS) is 12.6. The van der Waals surface area contributed by atoms with Crippen molar-refractivity contribution in [1.29, 1.82) is 0 Å². The van der Waals surface area contributed by atoms with Gasteiger partial charge in [-0.05, 0) is 18.4 Å². The van der Waals surface area contributed by atoms with Crippen molar-refractivity contribution >= 4 is 12.0 Å². The van der Waals surface area contributed by atoms with Gasteiger partial charge in [0.1, 0.15) is 0 Å². The summed E-state index contributed by atoms with van der Waals surface area (Å²) in [7, 11) is 0. The van der Waals surface area contributed by atoms with E-state index in [9.17, 15) is 4.79 Å². The summed E-state index contributed by atoms with van der Waals surface area (Å²) in [4.78, 5) is 11.5. The minimum Gasteiger partial charge on any atom is -0.289 e. The van der Waals surface area contributed by atoms with E-state index in [1.165, 1.54) is 0 Å². The van der Waals surface area contributed by atoms with Crippen LogP contribution in [0.3, 0.4) is 0 Å². The Labute approximate surface area is 108 Å². The van der Waals surface area contributed by atoms with Crippen LogP contribution >= 0.6 is 0 Å². The SMILES string of the molecule is CCCCC(CC=Cc1ccccc1)C(=O)NO. The van der Waals surface area contributed by atoms with Gasteiger partial charge in [0, 0.05) is 5.92 Å². The van der Waals surface area contributed by atoms with Crippen LogP contribution < -0.4 is 5.48 Å². The molecule has 2 N–H and O–H groups in total. The lowest BCUT2D eigenvalue weighted by atomic mass is 9.97. The maximum Gasteiger partial charge on any atom is 0.246 e. The van der Waals surface area contributed by atoms with E-state index >= 15 is 0 Å². The highest BCUT2D eigenvalue weighted by Gasteiger charge is 2.15. The smallest absolute Gasteiger partial charge is 0.246 e. The molecule has 0 aliphatic heterocycles. The summed E-state index contributed by atoms with van der Waals surface area (Å²) in [6.07, 6.45) is 7.51. The number of unbranched alkanes of at least 4 members (excludes halogenated alkanes) is 1. The second-order valence-electron chi connectivity index (χ2n) is 4.36. The summed E-state index contributed by atoms with van der Waals surface area (Å²) in [6, 6.07) is 9.97. The van der Waals surface area contributed by atoms with E-state index in [1.807, 2.05) is 42.5 Å². The highest BCUT2D eigenvalue weighted by atomic mass is 16.5. The van der Waals surface area contributed by atoms with Crippen molar-refractivity contribution < 1.29 is 10.0 Å². The average Bonchev–Trinajstić information content (AvgIpc) is 2.43. The Hall–Kier alpha value is -1.61. The zero-order chi connectivity index (χ0) is 13.2. The lowest BCUT2D eigenvalue weighted by molar-refractivity contribution is -0.133. The van der Waals surface area contributed by atoms with E-state index in [0.29, 0.717) is 6.42 Å². The van der Waals surface area contributed by atoms with Crippen LogP contribution in [0.4, 0.5) is 0 Å². The summed E-state index contributed by atoms with van der Waals surface area (Å²) in [6.45, 7) is 2.09. The Morgan fingerprint density at radius 2 is 2.11 bits per heavy atom. The minimum absolute atomic E-state index is 0.144. The molecule has 18 heavy (non-hydrogen) atoms. The highest BCUT2D eigenvalue weighted by molar-refractivity contribution is 5.77. The molecular formula is C15H21NO2. The Morgan fingerprint density at radius 3 is 2.72 bits per heavy atom. The fraction of sp³-hybridized carbons (Fsp3) is 0.400. The number of hydrogen-bond donors (Lipinski definition) is 2. The van der Waals surface area contributed by atoms with Gasteiger partial charge in [-0.1, -0.05) is 62.2 Å². The van der Waals surface area contributed by atoms with Gasteiger partial charge in [0.25, 0.3) is 0 Å². The first-order chi connectivity index (χ1) is 8.77. The Kier molecular flexibility index (Phi) is 6.81. The molecule has 3 nitrogen and oxygen atoms in total. The van der Waals surface area contributed by atoms with Crippen molar-refractivity contribution in [2.45, 2.75) is 32.6 Å². The van der Waals surface area contributed by atoms with E-state index < -0.39 is 0 Å². The molecule has 0 saturated carbocycles. The molecule has 1 atom stereocenters. The molecule has 0 fully saturated rings. The molecule has 0 bridgehead atoms. The quantitative estimate of drug-likeness (QED) is 0.573. The van der Waals surface area contributed by atoms with Gasteiger partial charge in [-0.3, -0.25) is 10.0 Å². The maximum absolute atomic E-state index is 11.5. The van der Waals surface area contributed by atoms with Gasteiger partial charge in [-0.25, -0.2) is 5.48 Å². The standard InChI is InChI=1S/C15H21NO2/c1-2-3-11-14(15(17)16-18)12-7-10-13-8-5-4-6-9-13/h4-10,14,18H,2-3,11-12H2,1H3,(H,16,17). The van der Waals surface area contributed by atoms with E-state index in [1.54, 1.807) is 5.48 Å². The second kappa shape index (κ2) is 8.48. The summed E-state index contributed by atoms with van der Waals surface area (Å²) in [5.74, 6) is -0.434. The highest BCUT2D eigenvalue weighted by Crippen LogP contribution is 2.15. The summed E-state index contributed by atoms with van der Waals surface area (Å²) >= 11 is 0. The summed E-state index contributed by atoms with van der Waals surface area (Å²) in [5, 5.41) is 8.70. The fourth-order valence-corrected chi connectivity index (χ4v) is 1.83. The second-order valence-corrected chi connectivity index (χ2v) is 4.36. The van der Waals surface area contributed by atoms with Crippen LogP contribution in [0.5, 0.6) is 0 Å². The van der Waals surface area contributed by atoms with E-state index in [0.717, 1.165) is 24.8 Å². The number of carbonyl (C=O) groups is 1. The van der Waals surface area contributed by atoms with Gasteiger partial charge in [-0.15, -0.1) is 0 Å². The zero-order valence-corrected chi connectivity index (χ0v) is 10.8. The number of allylic oxidation sites excluding steroid dienone is 1. The predicted octanol–water partition coefficient (Wildman–Crippen LogP) is 3.40. The van der Waals surface area contributed by atoms with Crippen molar-refractivity contribution in [3.05, 3.63) is 42.0 Å². The molecular weight excluding hydrogens is 226 g/mol. The van der Waals surface area contributed by atoms with Crippen molar-refractivity contribution in [1.82, 2.24) is 5.48 Å². The molecule has 1 amide bonds. The Balaban J connectivity index is 2.50. The summed E-state index contributed by atoms with van der Waals surface area (Å²) < 4.78 is 0. The number of hydrogen-bond acceptors (Lipinski definition) is 2. The van der Waals surface area contributed by atoms with Crippen LogP contribution in [-0.4, -0.2) is 11.1 Å². The monoisotopic (exact) mass is 247 g/mol. The molecule has 1 aromatic carbocycles. The Bertz CT molecular complexity index is 373. The van der Waals surface area contributed by atoms with Gasteiger partial charge in [-0.2, -0.15) is 0 Å². The molecule has 0 spiro atoms. The van der Waals surface area contributed by atoms with Crippen LogP contribution in [0.25, 0.3) is 6.08 Å². The van der Waals surface area contributed by atoms with Gasteiger partial charge >= 0.3 is 0 Å². The van der Waals surface area contributed by atoms with Crippen LogP contribution in [0.1, 0.15) is 38.2 Å². The van der Waals surface area contributed by atoms with Crippen LogP contribution in [-0.2, 0) is 4.79 Å². The number of carbonyl (C=O) groups excluding carboxylic acids is 1. The molecule has 0 radical (unpaired) electrons. The van der Waals surface area contributed by atoms with Crippen molar-refractivity contribution in [2.75, 3.05) is 0 Å². The predicted molar refractivity (Wildman–Crippen MR) is 73.0 cm³/mol. The third kappa shape index (κ3) is 5.15. The molecule has 0 aliphatic carbocycles. The van der Waals surface area contributed by atoms with Gasteiger partial charge in [0.05, 0.1) is 0 Å². The lowest BCUT2D eigenvalue weighted by Crippen LogP contribution is -2.27. The largest absolute Gasteiger partial charge is 0.289 e. The van der Waals surface area contributed by atoms with Gasteiger partial charge in [0.2, 0.25) is 5.91 Å². The third-order valence-corrected chi connectivity index (χ3v) is 2.92. The summed E-state index contributed by atoms with van der Waals surface area (Å²) in [5.41, 5.74) is 2.87. The molecule has 0 heterocycles. The number of rotatable bonds is 7. The van der Waals surface area contributed by atoms with Crippen molar-refractivity contribution in [3.63, 3.8) is 0 Å². The molecule has 1 aromatic rings. The van der Waals surface area contributed by atoms with Crippen LogP contribution in [0, 0.1) is 5.92 Å². The molecule has 1 rings (SSSR count). The molecule has 3 heteroatoms. The van der Waals surface area contributed by atoms with Crippen LogP contribution in [0.15, 0.2) is 36.4 Å². The van der Waals surface area contributed by atoms with Crippen molar-refractivity contribution in [2.24, 2.45) is 5.92 Å². The Morgan fingerprint density at radius 1 is 1.39 bits per heavy atom.